The van der Waals surface area contributed by atoms with Gasteiger partial charge in [0, 0.05) is 11.1 Å². The van der Waals surface area contributed by atoms with E-state index in [4.69, 9.17) is 26.7 Å². The van der Waals surface area contributed by atoms with Gasteiger partial charge in [0.1, 0.15) is 17.1 Å². The van der Waals surface area contributed by atoms with E-state index in [1.54, 1.807) is 25.1 Å². The highest BCUT2D eigenvalue weighted by molar-refractivity contribution is 6.30. The predicted molar refractivity (Wildman–Crippen MR) is 74.4 cm³/mol. The van der Waals surface area contributed by atoms with E-state index >= 15 is 0 Å². The SMILES string of the molecule is Cc1cc(Oc2cc(Cl)ccc2C(=O)O)ccc1C#N. The van der Waals surface area contributed by atoms with Gasteiger partial charge in [-0.2, -0.15) is 5.26 Å². The van der Waals surface area contributed by atoms with E-state index in [0.29, 0.717) is 16.3 Å². The molecule has 2 rings (SSSR count). The van der Waals surface area contributed by atoms with Gasteiger partial charge in [0.25, 0.3) is 0 Å². The summed E-state index contributed by atoms with van der Waals surface area (Å²) in [5.41, 5.74) is 1.32. The van der Waals surface area contributed by atoms with Crippen molar-refractivity contribution in [1.82, 2.24) is 0 Å². The van der Waals surface area contributed by atoms with Crippen LogP contribution in [0.15, 0.2) is 36.4 Å². The van der Waals surface area contributed by atoms with E-state index in [1.807, 2.05) is 0 Å². The quantitative estimate of drug-likeness (QED) is 0.926. The monoisotopic (exact) mass is 287 g/mol. The summed E-state index contributed by atoms with van der Waals surface area (Å²) in [6.45, 7) is 1.78. The standard InChI is InChI=1S/C15H10ClNO3/c1-9-6-12(4-2-10(9)8-17)20-14-7-11(16)3-5-13(14)15(18)19/h2-7H,1H3,(H,18,19). The third-order valence-corrected chi connectivity index (χ3v) is 2.96. The molecule has 0 radical (unpaired) electrons. The molecule has 0 fully saturated rings. The first-order chi connectivity index (χ1) is 9.51. The fourth-order valence-electron chi connectivity index (χ4n) is 1.71. The van der Waals surface area contributed by atoms with E-state index in [2.05, 4.69) is 6.07 Å². The van der Waals surface area contributed by atoms with Gasteiger partial charge in [-0.1, -0.05) is 11.6 Å². The molecule has 0 amide bonds. The Kier molecular flexibility index (Phi) is 3.92. The highest BCUT2D eigenvalue weighted by atomic mass is 35.5. The van der Waals surface area contributed by atoms with Crippen LogP contribution in [-0.4, -0.2) is 11.1 Å². The lowest BCUT2D eigenvalue weighted by Crippen LogP contribution is -2.00. The topological polar surface area (TPSA) is 70.3 Å². The highest BCUT2D eigenvalue weighted by Gasteiger charge is 2.13. The van der Waals surface area contributed by atoms with Gasteiger partial charge in [-0.15, -0.1) is 0 Å². The van der Waals surface area contributed by atoms with Crippen molar-refractivity contribution in [3.8, 4) is 17.6 Å². The first kappa shape index (κ1) is 13.9. The first-order valence-corrected chi connectivity index (χ1v) is 6.10. The number of carbonyl (C=O) groups is 1. The van der Waals surface area contributed by atoms with Crippen LogP contribution in [0.4, 0.5) is 0 Å². The van der Waals surface area contributed by atoms with E-state index in [1.165, 1.54) is 18.2 Å². The molecule has 0 unspecified atom stereocenters. The summed E-state index contributed by atoms with van der Waals surface area (Å²) in [6, 6.07) is 11.3. The second kappa shape index (κ2) is 5.64. The van der Waals surface area contributed by atoms with Gasteiger partial charge in [0.05, 0.1) is 11.6 Å². The molecule has 20 heavy (non-hydrogen) atoms. The maximum Gasteiger partial charge on any atom is 0.339 e. The van der Waals surface area contributed by atoms with Gasteiger partial charge in [0.15, 0.2) is 0 Å². The molecule has 0 aromatic heterocycles. The third-order valence-electron chi connectivity index (χ3n) is 2.72. The number of aromatic carboxylic acids is 1. The zero-order valence-corrected chi connectivity index (χ0v) is 11.3. The largest absolute Gasteiger partial charge is 0.478 e. The second-order valence-corrected chi connectivity index (χ2v) is 4.57. The number of hydrogen-bond acceptors (Lipinski definition) is 3. The predicted octanol–water partition coefficient (Wildman–Crippen LogP) is 4.01. The van der Waals surface area contributed by atoms with Crippen molar-refractivity contribution in [3.63, 3.8) is 0 Å². The molecule has 0 aliphatic carbocycles. The Balaban J connectivity index is 2.39. The minimum atomic E-state index is -1.10. The average Bonchev–Trinajstić information content (AvgIpc) is 2.38. The molecule has 5 heteroatoms. The van der Waals surface area contributed by atoms with Crippen molar-refractivity contribution in [1.29, 1.82) is 5.26 Å². The minimum Gasteiger partial charge on any atom is -0.478 e. The summed E-state index contributed by atoms with van der Waals surface area (Å²) in [4.78, 5) is 11.1. The normalized spacial score (nSPS) is 9.85. The maximum atomic E-state index is 11.1. The fraction of sp³-hybridized carbons (Fsp3) is 0.0667. The number of carboxylic acids is 1. The van der Waals surface area contributed by atoms with Gasteiger partial charge in [0.2, 0.25) is 0 Å². The van der Waals surface area contributed by atoms with Gasteiger partial charge in [-0.3, -0.25) is 0 Å². The number of nitriles is 1. The van der Waals surface area contributed by atoms with Crippen molar-refractivity contribution in [3.05, 3.63) is 58.1 Å². The molecule has 0 spiro atoms. The summed E-state index contributed by atoms with van der Waals surface area (Å²) in [5, 5.41) is 18.4. The van der Waals surface area contributed by atoms with Crippen LogP contribution in [0.5, 0.6) is 11.5 Å². The summed E-state index contributed by atoms with van der Waals surface area (Å²) < 4.78 is 5.56. The molecule has 0 aliphatic heterocycles. The summed E-state index contributed by atoms with van der Waals surface area (Å²) in [6.07, 6.45) is 0. The number of halogens is 1. The molecular formula is C15H10ClNO3. The Labute approximate surface area is 120 Å². The second-order valence-electron chi connectivity index (χ2n) is 4.14. The van der Waals surface area contributed by atoms with E-state index in [9.17, 15) is 4.79 Å². The van der Waals surface area contributed by atoms with Crippen molar-refractivity contribution in [2.45, 2.75) is 6.92 Å². The van der Waals surface area contributed by atoms with Crippen LogP contribution in [0.25, 0.3) is 0 Å². The average molecular weight is 288 g/mol. The molecule has 4 nitrogen and oxygen atoms in total. The zero-order chi connectivity index (χ0) is 14.7. The van der Waals surface area contributed by atoms with Crippen LogP contribution >= 0.6 is 11.6 Å². The Morgan fingerprint density at radius 3 is 2.65 bits per heavy atom. The van der Waals surface area contributed by atoms with Crippen molar-refractivity contribution >= 4 is 17.6 Å². The summed E-state index contributed by atoms with van der Waals surface area (Å²) in [5.74, 6) is -0.484. The summed E-state index contributed by atoms with van der Waals surface area (Å²) >= 11 is 5.85. The van der Waals surface area contributed by atoms with Crippen LogP contribution in [0.3, 0.4) is 0 Å². The lowest BCUT2D eigenvalue weighted by Gasteiger charge is -2.10. The molecule has 0 heterocycles. The molecule has 100 valence electrons. The maximum absolute atomic E-state index is 11.1. The first-order valence-electron chi connectivity index (χ1n) is 5.72. The lowest BCUT2D eigenvalue weighted by molar-refractivity contribution is 0.0694. The lowest BCUT2D eigenvalue weighted by atomic mass is 10.1. The minimum absolute atomic E-state index is 0.0245. The Bertz CT molecular complexity index is 720. The molecule has 1 N–H and O–H groups in total. The summed E-state index contributed by atoms with van der Waals surface area (Å²) in [7, 11) is 0. The van der Waals surface area contributed by atoms with Crippen LogP contribution < -0.4 is 4.74 Å². The van der Waals surface area contributed by atoms with Crippen molar-refractivity contribution in [2.75, 3.05) is 0 Å². The third kappa shape index (κ3) is 2.90. The Morgan fingerprint density at radius 1 is 1.30 bits per heavy atom. The number of ether oxygens (including phenoxy) is 1. The molecule has 0 bridgehead atoms. The highest BCUT2D eigenvalue weighted by Crippen LogP contribution is 2.29. The van der Waals surface area contributed by atoms with E-state index < -0.39 is 5.97 Å². The van der Waals surface area contributed by atoms with Gasteiger partial charge in [-0.05, 0) is 42.8 Å². The number of rotatable bonds is 3. The van der Waals surface area contributed by atoms with Crippen LogP contribution in [0.1, 0.15) is 21.5 Å². The number of carboxylic acid groups (broad SMARTS) is 1. The van der Waals surface area contributed by atoms with Crippen LogP contribution in [0.2, 0.25) is 5.02 Å². The smallest absolute Gasteiger partial charge is 0.339 e. The number of benzene rings is 2. The molecule has 0 saturated carbocycles. The molecule has 2 aromatic rings. The molecule has 0 saturated heterocycles. The number of nitrogens with zero attached hydrogens (tertiary/aromatic N) is 1. The molecular weight excluding hydrogens is 278 g/mol. The molecule has 0 atom stereocenters. The van der Waals surface area contributed by atoms with E-state index in [-0.39, 0.29) is 11.3 Å². The fourth-order valence-corrected chi connectivity index (χ4v) is 1.87. The Hall–Kier alpha value is -2.51. The van der Waals surface area contributed by atoms with Gasteiger partial charge >= 0.3 is 5.97 Å². The van der Waals surface area contributed by atoms with Crippen molar-refractivity contribution in [2.24, 2.45) is 0 Å². The van der Waals surface area contributed by atoms with Crippen LogP contribution in [-0.2, 0) is 0 Å². The van der Waals surface area contributed by atoms with Gasteiger partial charge in [-0.25, -0.2) is 4.79 Å². The Morgan fingerprint density at radius 2 is 2.05 bits per heavy atom. The van der Waals surface area contributed by atoms with E-state index in [0.717, 1.165) is 5.56 Å². The van der Waals surface area contributed by atoms with Crippen molar-refractivity contribution < 1.29 is 14.6 Å². The number of hydrogen-bond donors (Lipinski definition) is 1. The molecule has 0 aliphatic rings. The van der Waals surface area contributed by atoms with Crippen LogP contribution in [0, 0.1) is 18.3 Å². The molecule has 2 aromatic carbocycles. The van der Waals surface area contributed by atoms with Gasteiger partial charge < -0.3 is 9.84 Å². The number of aryl methyl sites for hydroxylation is 1. The zero-order valence-electron chi connectivity index (χ0n) is 10.6.